The number of pyridine rings is 1. The molecule has 16 heteroatoms. The van der Waals surface area contributed by atoms with E-state index in [-0.39, 0.29) is 5.91 Å². The number of nitrogens with zero attached hydrogens (tertiary/aromatic N) is 7. The van der Waals surface area contributed by atoms with Gasteiger partial charge < -0.3 is 24.8 Å². The summed E-state index contributed by atoms with van der Waals surface area (Å²) >= 11 is 6.47. The Balaban J connectivity index is 0.902. The van der Waals surface area contributed by atoms with Gasteiger partial charge in [-0.15, -0.1) is 0 Å². The lowest BCUT2D eigenvalue weighted by Gasteiger charge is -2.43. The summed E-state index contributed by atoms with van der Waals surface area (Å²) in [7, 11) is -0.887. The number of rotatable bonds is 11. The molecule has 5 heterocycles. The molecule has 0 spiro atoms. The Bertz CT molecular complexity index is 2030. The van der Waals surface area contributed by atoms with Crippen LogP contribution in [0.5, 0.6) is 5.75 Å². The van der Waals surface area contributed by atoms with Gasteiger partial charge in [0.2, 0.25) is 11.9 Å². The third-order valence-electron chi connectivity index (χ3n) is 10.2. The highest BCUT2D eigenvalue weighted by atomic mass is 35.5. The van der Waals surface area contributed by atoms with Crippen LogP contribution in [-0.2, 0) is 15.9 Å². The van der Waals surface area contributed by atoms with Crippen LogP contribution in [0.15, 0.2) is 67.0 Å². The number of aromatic nitrogens is 3. The fraction of sp³-hybridized carbons (Fsp3) is 0.395. The maximum absolute atomic E-state index is 12.9. The number of anilines is 6. The summed E-state index contributed by atoms with van der Waals surface area (Å²) in [4.78, 5) is 46.3. The lowest BCUT2D eigenvalue weighted by molar-refractivity contribution is -0.120. The number of hydrogen-bond acceptors (Lipinski definition) is 12. The van der Waals surface area contributed by atoms with E-state index in [0.29, 0.717) is 52.9 Å². The van der Waals surface area contributed by atoms with Crippen LogP contribution in [0.4, 0.5) is 39.3 Å². The average Bonchev–Trinajstić information content (AvgIpc) is 3.17. The Morgan fingerprint density at radius 2 is 1.65 bits per heavy atom. The predicted octanol–water partition coefficient (Wildman–Crippen LogP) is 5.50. The number of piperazine rings is 1. The van der Waals surface area contributed by atoms with Crippen LogP contribution in [0.25, 0.3) is 0 Å². The number of amides is 3. The van der Waals surface area contributed by atoms with Crippen molar-refractivity contribution < 1.29 is 18.9 Å². The molecule has 2 aromatic carbocycles. The van der Waals surface area contributed by atoms with Crippen LogP contribution in [0.1, 0.15) is 25.0 Å². The Morgan fingerprint density at radius 1 is 0.889 bits per heavy atom. The molecular weight excluding hydrogens is 727 g/mol. The van der Waals surface area contributed by atoms with Gasteiger partial charge in [0.05, 0.1) is 42.3 Å². The normalized spacial score (nSPS) is 17.7. The van der Waals surface area contributed by atoms with Crippen molar-refractivity contribution in [1.29, 1.82) is 0 Å². The van der Waals surface area contributed by atoms with Gasteiger partial charge >= 0.3 is 6.03 Å². The largest absolute Gasteiger partial charge is 0.494 e. The van der Waals surface area contributed by atoms with Gasteiger partial charge in [0, 0.05) is 81.9 Å². The number of benzene rings is 2. The molecule has 14 nitrogen and oxygen atoms in total. The van der Waals surface area contributed by atoms with Crippen molar-refractivity contribution >= 4 is 70.5 Å². The first-order valence-electron chi connectivity index (χ1n) is 18.2. The van der Waals surface area contributed by atoms with Crippen LogP contribution >= 0.6 is 18.7 Å². The van der Waals surface area contributed by atoms with Gasteiger partial charge in [0.25, 0.3) is 0 Å². The topological polar surface area (TPSA) is 148 Å². The second kappa shape index (κ2) is 16.3. The number of methoxy groups -OCH3 is 1. The van der Waals surface area contributed by atoms with Gasteiger partial charge in [-0.1, -0.05) is 23.7 Å². The quantitative estimate of drug-likeness (QED) is 0.165. The molecule has 0 radical (unpaired) electrons. The number of likely N-dealkylation sites (tertiary alicyclic amines) is 1. The van der Waals surface area contributed by atoms with E-state index in [4.69, 9.17) is 16.3 Å². The van der Waals surface area contributed by atoms with E-state index >= 15 is 0 Å². The standard InChI is InChI=1S/C38H46ClN10O4P/c1-53-33-22-28(10-11-31(33)43-37-41-24-30(39)36(45-37)42-32-6-4-5-7-34(32)54(2,3)52)48-20-18-47(19-21-48)27-12-15-46(16-13-27)25-26-8-9-29(23-40-26)49-17-14-35(50)44-38(49)51/h4-11,22-24,27H,12-21,25H2,1-3H3,(H,44,50,51)(H2,41,42,43,45). The summed E-state index contributed by atoms with van der Waals surface area (Å²) in [6, 6.07) is 17.6. The second-order valence-corrected chi connectivity index (χ2v) is 17.8. The van der Waals surface area contributed by atoms with Gasteiger partial charge in [0.15, 0.2) is 5.82 Å². The summed E-state index contributed by atoms with van der Waals surface area (Å²) in [6.07, 6.45) is 5.78. The molecule has 0 atom stereocenters. The average molecular weight is 773 g/mol. The van der Waals surface area contributed by atoms with Gasteiger partial charge in [-0.25, -0.2) is 9.78 Å². The summed E-state index contributed by atoms with van der Waals surface area (Å²) < 4.78 is 18.7. The Labute approximate surface area is 320 Å². The molecule has 0 unspecified atom stereocenters. The molecule has 3 saturated heterocycles. The summed E-state index contributed by atoms with van der Waals surface area (Å²) in [5, 5.41) is 9.95. The maximum Gasteiger partial charge on any atom is 0.328 e. The zero-order valence-corrected chi connectivity index (χ0v) is 32.4. The Hall–Kier alpha value is -4.75. The number of carbonyl (C=O) groups excluding carboxylic acids is 2. The van der Waals surface area contributed by atoms with E-state index in [9.17, 15) is 14.2 Å². The highest BCUT2D eigenvalue weighted by Gasteiger charge is 2.29. The lowest BCUT2D eigenvalue weighted by Crippen LogP contribution is -2.53. The SMILES string of the molecule is COc1cc(N2CCN(C3CCN(Cc4ccc(N5CCC(=O)NC5=O)cn4)CC3)CC2)ccc1Nc1ncc(Cl)c(Nc2ccccc2P(C)(C)=O)n1. The first-order chi connectivity index (χ1) is 26.0. The molecule has 7 rings (SSSR count). The molecule has 0 saturated carbocycles. The monoisotopic (exact) mass is 772 g/mol. The van der Waals surface area contributed by atoms with Crippen molar-refractivity contribution in [3.63, 3.8) is 0 Å². The number of nitrogens with one attached hydrogen (secondary N) is 3. The van der Waals surface area contributed by atoms with E-state index < -0.39 is 13.2 Å². The fourth-order valence-corrected chi connectivity index (χ4v) is 8.58. The highest BCUT2D eigenvalue weighted by molar-refractivity contribution is 7.70. The molecule has 3 aliphatic heterocycles. The Morgan fingerprint density at radius 3 is 2.35 bits per heavy atom. The molecule has 284 valence electrons. The number of piperidine rings is 1. The van der Waals surface area contributed by atoms with E-state index in [0.717, 1.165) is 81.0 Å². The van der Waals surface area contributed by atoms with Gasteiger partial charge in [-0.05, 0) is 62.6 Å². The molecule has 3 N–H and O–H groups in total. The number of ether oxygens (including phenoxy) is 1. The molecule has 4 aromatic rings. The van der Waals surface area contributed by atoms with Crippen LogP contribution in [0.2, 0.25) is 5.02 Å². The number of hydrogen-bond donors (Lipinski definition) is 3. The molecule has 54 heavy (non-hydrogen) atoms. The molecule has 2 aromatic heterocycles. The van der Waals surface area contributed by atoms with E-state index in [1.807, 2.05) is 48.5 Å². The van der Waals surface area contributed by atoms with Crippen molar-refractivity contribution in [3.8, 4) is 5.75 Å². The second-order valence-electron chi connectivity index (χ2n) is 14.2. The summed E-state index contributed by atoms with van der Waals surface area (Å²) in [6.45, 7) is 10.5. The van der Waals surface area contributed by atoms with Crippen LogP contribution < -0.4 is 35.8 Å². The van der Waals surface area contributed by atoms with Gasteiger partial charge in [-0.3, -0.25) is 29.8 Å². The summed E-state index contributed by atoms with van der Waals surface area (Å²) in [5.74, 6) is 1.19. The number of halogens is 1. The minimum absolute atomic E-state index is 0.242. The van der Waals surface area contributed by atoms with E-state index in [1.165, 1.54) is 6.20 Å². The maximum atomic E-state index is 12.9. The van der Waals surface area contributed by atoms with Crippen molar-refractivity contribution in [1.82, 2.24) is 30.1 Å². The molecule has 0 aliphatic carbocycles. The third-order valence-corrected chi connectivity index (χ3v) is 12.1. The number of para-hydroxylation sites is 1. The number of carbonyl (C=O) groups is 2. The molecule has 3 aliphatic rings. The summed E-state index contributed by atoms with van der Waals surface area (Å²) in [5.41, 5.74) is 4.19. The van der Waals surface area contributed by atoms with Gasteiger partial charge in [0.1, 0.15) is 17.9 Å². The zero-order valence-electron chi connectivity index (χ0n) is 30.8. The van der Waals surface area contributed by atoms with Crippen molar-refractivity contribution in [2.24, 2.45) is 0 Å². The van der Waals surface area contributed by atoms with Crippen molar-refractivity contribution in [2.75, 3.05) is 86.7 Å². The number of urea groups is 1. The number of imide groups is 1. The molecular formula is C38H46ClN10O4P. The molecule has 3 fully saturated rings. The third kappa shape index (κ3) is 8.79. The predicted molar refractivity (Wildman–Crippen MR) is 214 cm³/mol. The fourth-order valence-electron chi connectivity index (χ4n) is 7.29. The van der Waals surface area contributed by atoms with Crippen LogP contribution in [0.3, 0.4) is 0 Å². The Kier molecular flexibility index (Phi) is 11.4. The smallest absolute Gasteiger partial charge is 0.328 e. The first kappa shape index (κ1) is 37.6. The van der Waals surface area contributed by atoms with E-state index in [1.54, 1.807) is 31.5 Å². The molecule has 0 bridgehead atoms. The van der Waals surface area contributed by atoms with Crippen LogP contribution in [0, 0.1) is 0 Å². The zero-order chi connectivity index (χ0) is 37.8. The lowest BCUT2D eigenvalue weighted by atomic mass is 10.0. The molecule has 3 amide bonds. The first-order valence-corrected chi connectivity index (χ1v) is 21.2. The highest BCUT2D eigenvalue weighted by Crippen LogP contribution is 2.39. The van der Waals surface area contributed by atoms with Crippen LogP contribution in [-0.4, -0.2) is 109 Å². The minimum Gasteiger partial charge on any atom is -0.494 e. The van der Waals surface area contributed by atoms with E-state index in [2.05, 4.69) is 51.7 Å². The van der Waals surface area contributed by atoms with Gasteiger partial charge in [-0.2, -0.15) is 4.98 Å². The van der Waals surface area contributed by atoms with Crippen molar-refractivity contribution in [2.45, 2.75) is 31.8 Å². The minimum atomic E-state index is -2.54. The van der Waals surface area contributed by atoms with Crippen molar-refractivity contribution in [3.05, 3.63) is 77.7 Å².